The number of amides is 1. The van der Waals surface area contributed by atoms with Crippen molar-refractivity contribution in [2.24, 2.45) is 5.92 Å². The standard InChI is InChI=1S/C25H32N4OS/c1-16(2)15-29-18(4)20(17(3)28-29)13-14-23(30)26-21-11-8-12-22-24(21)31-25(27-22)19-9-6-5-7-10-19/h5-7,9-10,16,21H,8,11-15H2,1-4H3,(H,26,30)/t21-/m0/s1. The molecular weight excluding hydrogens is 404 g/mol. The monoisotopic (exact) mass is 436 g/mol. The summed E-state index contributed by atoms with van der Waals surface area (Å²) in [6.45, 7) is 9.48. The van der Waals surface area contributed by atoms with E-state index in [-0.39, 0.29) is 11.9 Å². The number of nitrogens with one attached hydrogen (secondary N) is 1. The number of hydrogen-bond donors (Lipinski definition) is 1. The average molecular weight is 437 g/mol. The first kappa shape index (κ1) is 21.8. The van der Waals surface area contributed by atoms with Gasteiger partial charge in [0.05, 0.1) is 22.3 Å². The maximum absolute atomic E-state index is 12.8. The van der Waals surface area contributed by atoms with Gasteiger partial charge >= 0.3 is 0 Å². The average Bonchev–Trinajstić information content (AvgIpc) is 3.29. The van der Waals surface area contributed by atoms with Gasteiger partial charge in [0, 0.05) is 24.2 Å². The van der Waals surface area contributed by atoms with Crippen molar-refractivity contribution in [2.45, 2.75) is 72.4 Å². The van der Waals surface area contributed by atoms with Gasteiger partial charge in [-0.1, -0.05) is 44.2 Å². The van der Waals surface area contributed by atoms with Gasteiger partial charge in [-0.2, -0.15) is 5.10 Å². The van der Waals surface area contributed by atoms with E-state index in [0.29, 0.717) is 12.3 Å². The summed E-state index contributed by atoms with van der Waals surface area (Å²) in [5.74, 6) is 0.665. The maximum atomic E-state index is 12.8. The fraction of sp³-hybridized carbons (Fsp3) is 0.480. The van der Waals surface area contributed by atoms with E-state index in [9.17, 15) is 4.79 Å². The molecule has 1 aliphatic carbocycles. The number of carbonyl (C=O) groups is 1. The molecule has 1 amide bonds. The van der Waals surface area contributed by atoms with Crippen molar-refractivity contribution in [1.82, 2.24) is 20.1 Å². The van der Waals surface area contributed by atoms with Crippen LogP contribution in [-0.4, -0.2) is 20.7 Å². The molecule has 1 aliphatic rings. The molecular formula is C25H32N4OS. The van der Waals surface area contributed by atoms with Gasteiger partial charge in [-0.15, -0.1) is 11.3 Å². The minimum absolute atomic E-state index is 0.0806. The topological polar surface area (TPSA) is 59.8 Å². The fourth-order valence-electron chi connectivity index (χ4n) is 4.39. The minimum Gasteiger partial charge on any atom is -0.348 e. The molecule has 4 rings (SSSR count). The number of fused-ring (bicyclic) bond motifs is 1. The van der Waals surface area contributed by atoms with Gasteiger partial charge in [0.2, 0.25) is 5.91 Å². The lowest BCUT2D eigenvalue weighted by Crippen LogP contribution is -2.30. The number of rotatable bonds is 7. The first-order chi connectivity index (χ1) is 14.9. The third kappa shape index (κ3) is 4.90. The summed E-state index contributed by atoms with van der Waals surface area (Å²) in [4.78, 5) is 18.9. The zero-order chi connectivity index (χ0) is 22.0. The van der Waals surface area contributed by atoms with Gasteiger partial charge in [0.25, 0.3) is 0 Å². The summed E-state index contributed by atoms with van der Waals surface area (Å²) in [5, 5.41) is 9.03. The second-order valence-electron chi connectivity index (χ2n) is 8.93. The van der Waals surface area contributed by atoms with Crippen LogP contribution in [0.2, 0.25) is 0 Å². The van der Waals surface area contributed by atoms with E-state index in [1.165, 1.54) is 16.1 Å². The Bertz CT molecular complexity index is 1050. The smallest absolute Gasteiger partial charge is 0.220 e. The van der Waals surface area contributed by atoms with Crippen LogP contribution in [0.15, 0.2) is 30.3 Å². The third-order valence-corrected chi connectivity index (χ3v) is 7.24. The molecule has 0 unspecified atom stereocenters. The summed E-state index contributed by atoms with van der Waals surface area (Å²) >= 11 is 1.73. The predicted octanol–water partition coefficient (Wildman–Crippen LogP) is 5.41. The Balaban J connectivity index is 1.42. The Hall–Kier alpha value is -2.47. The van der Waals surface area contributed by atoms with Crippen LogP contribution < -0.4 is 5.32 Å². The number of thiazole rings is 1. The van der Waals surface area contributed by atoms with E-state index in [1.807, 2.05) is 25.1 Å². The SMILES string of the molecule is Cc1nn(CC(C)C)c(C)c1CCC(=O)N[C@H]1CCCc2nc(-c3ccccc3)sc21. The largest absolute Gasteiger partial charge is 0.348 e. The van der Waals surface area contributed by atoms with Crippen LogP contribution in [0, 0.1) is 19.8 Å². The Morgan fingerprint density at radius 2 is 2.03 bits per heavy atom. The summed E-state index contributed by atoms with van der Waals surface area (Å²) in [6, 6.07) is 10.4. The lowest BCUT2D eigenvalue weighted by Gasteiger charge is -2.22. The second kappa shape index (κ2) is 9.35. The zero-order valence-electron chi connectivity index (χ0n) is 18.9. The molecule has 1 aromatic carbocycles. The highest BCUT2D eigenvalue weighted by molar-refractivity contribution is 7.15. The van der Waals surface area contributed by atoms with Crippen molar-refractivity contribution < 1.29 is 4.79 Å². The van der Waals surface area contributed by atoms with Gasteiger partial charge in [-0.25, -0.2) is 4.98 Å². The van der Waals surface area contributed by atoms with E-state index in [4.69, 9.17) is 4.98 Å². The molecule has 5 nitrogen and oxygen atoms in total. The molecule has 2 heterocycles. The van der Waals surface area contributed by atoms with E-state index in [0.717, 1.165) is 54.2 Å². The normalized spacial score (nSPS) is 15.8. The van der Waals surface area contributed by atoms with Crippen molar-refractivity contribution in [3.63, 3.8) is 0 Å². The van der Waals surface area contributed by atoms with Crippen LogP contribution in [0.4, 0.5) is 0 Å². The van der Waals surface area contributed by atoms with Crippen LogP contribution >= 0.6 is 11.3 Å². The van der Waals surface area contributed by atoms with E-state index < -0.39 is 0 Å². The lowest BCUT2D eigenvalue weighted by atomic mass is 9.97. The summed E-state index contributed by atoms with van der Waals surface area (Å²) in [6.07, 6.45) is 4.28. The lowest BCUT2D eigenvalue weighted by molar-refractivity contribution is -0.121. The summed E-state index contributed by atoms with van der Waals surface area (Å²) in [7, 11) is 0. The van der Waals surface area contributed by atoms with Gasteiger partial charge in [0.15, 0.2) is 0 Å². The highest BCUT2D eigenvalue weighted by atomic mass is 32.1. The van der Waals surface area contributed by atoms with Crippen molar-refractivity contribution >= 4 is 17.2 Å². The molecule has 31 heavy (non-hydrogen) atoms. The van der Waals surface area contributed by atoms with Crippen molar-refractivity contribution in [3.8, 4) is 10.6 Å². The number of nitrogens with zero attached hydrogens (tertiary/aromatic N) is 3. The Morgan fingerprint density at radius 3 is 2.77 bits per heavy atom. The molecule has 0 radical (unpaired) electrons. The number of hydrogen-bond acceptors (Lipinski definition) is 4. The molecule has 0 aliphatic heterocycles. The minimum atomic E-state index is 0.0806. The Morgan fingerprint density at radius 1 is 1.26 bits per heavy atom. The van der Waals surface area contributed by atoms with Crippen LogP contribution in [0.25, 0.3) is 10.6 Å². The Kier molecular flexibility index (Phi) is 6.56. The van der Waals surface area contributed by atoms with E-state index >= 15 is 0 Å². The molecule has 0 saturated carbocycles. The molecule has 0 bridgehead atoms. The highest BCUT2D eigenvalue weighted by Crippen LogP contribution is 2.38. The molecule has 0 fully saturated rings. The van der Waals surface area contributed by atoms with Gasteiger partial charge in [0.1, 0.15) is 5.01 Å². The van der Waals surface area contributed by atoms with Crippen molar-refractivity contribution in [2.75, 3.05) is 0 Å². The molecule has 2 aromatic heterocycles. The highest BCUT2D eigenvalue weighted by Gasteiger charge is 2.26. The molecule has 6 heteroatoms. The van der Waals surface area contributed by atoms with Crippen LogP contribution in [0.5, 0.6) is 0 Å². The molecule has 3 aromatic rings. The fourth-order valence-corrected chi connectivity index (χ4v) is 5.59. The number of carbonyl (C=O) groups excluding carboxylic acids is 1. The molecule has 164 valence electrons. The summed E-state index contributed by atoms with van der Waals surface area (Å²) < 4.78 is 2.09. The first-order valence-corrected chi connectivity index (χ1v) is 12.1. The van der Waals surface area contributed by atoms with Crippen LogP contribution in [0.3, 0.4) is 0 Å². The second-order valence-corrected chi connectivity index (χ2v) is 9.96. The molecule has 0 saturated heterocycles. The number of aryl methyl sites for hydroxylation is 2. The molecule has 1 N–H and O–H groups in total. The number of benzene rings is 1. The predicted molar refractivity (Wildman–Crippen MR) is 126 cm³/mol. The molecule has 0 spiro atoms. The summed E-state index contributed by atoms with van der Waals surface area (Å²) in [5.41, 5.74) is 5.75. The first-order valence-electron chi connectivity index (χ1n) is 11.3. The third-order valence-electron chi connectivity index (χ3n) is 5.98. The zero-order valence-corrected chi connectivity index (χ0v) is 19.8. The van der Waals surface area contributed by atoms with E-state index in [1.54, 1.807) is 11.3 Å². The van der Waals surface area contributed by atoms with Gasteiger partial charge in [-0.3, -0.25) is 9.48 Å². The number of aromatic nitrogens is 3. The van der Waals surface area contributed by atoms with Crippen LogP contribution in [0.1, 0.15) is 66.7 Å². The maximum Gasteiger partial charge on any atom is 0.220 e. The molecule has 1 atom stereocenters. The van der Waals surface area contributed by atoms with Crippen molar-refractivity contribution in [1.29, 1.82) is 0 Å². The van der Waals surface area contributed by atoms with E-state index in [2.05, 4.69) is 48.0 Å². The Labute approximate surface area is 188 Å². The van der Waals surface area contributed by atoms with Crippen molar-refractivity contribution in [3.05, 3.63) is 57.9 Å². The quantitative estimate of drug-likeness (QED) is 0.539. The van der Waals surface area contributed by atoms with Gasteiger partial charge in [-0.05, 0) is 51.0 Å². The van der Waals surface area contributed by atoms with Crippen LogP contribution in [-0.2, 0) is 24.2 Å². The van der Waals surface area contributed by atoms with Gasteiger partial charge < -0.3 is 5.32 Å².